The quantitative estimate of drug-likeness (QED) is 0.328. The summed E-state index contributed by atoms with van der Waals surface area (Å²) >= 11 is 0. The number of nitrogens with one attached hydrogen (secondary N) is 2. The molecule has 1 unspecified atom stereocenters. The number of pyridine rings is 1. The predicted molar refractivity (Wildman–Crippen MR) is 101 cm³/mol. The van der Waals surface area contributed by atoms with Crippen molar-refractivity contribution in [2.45, 2.75) is 39.2 Å². The van der Waals surface area contributed by atoms with Gasteiger partial charge in [-0.1, -0.05) is 13.0 Å². The SMILES string of the molecule is CCC(C)NC(=NC)NCCCc1nnc2ccccn12.I. The van der Waals surface area contributed by atoms with Crippen molar-refractivity contribution in [1.82, 2.24) is 25.2 Å². The second-order valence-electron chi connectivity index (χ2n) is 5.10. The van der Waals surface area contributed by atoms with E-state index in [0.717, 1.165) is 43.2 Å². The summed E-state index contributed by atoms with van der Waals surface area (Å²) in [5.41, 5.74) is 0.898. The highest BCUT2D eigenvalue weighted by molar-refractivity contribution is 14.0. The van der Waals surface area contributed by atoms with Gasteiger partial charge in [0.15, 0.2) is 11.6 Å². The van der Waals surface area contributed by atoms with Crippen molar-refractivity contribution in [1.29, 1.82) is 0 Å². The van der Waals surface area contributed by atoms with E-state index in [4.69, 9.17) is 0 Å². The highest BCUT2D eigenvalue weighted by Gasteiger charge is 2.05. The molecule has 2 aromatic rings. The van der Waals surface area contributed by atoms with Crippen molar-refractivity contribution < 1.29 is 0 Å². The summed E-state index contributed by atoms with van der Waals surface area (Å²) < 4.78 is 2.03. The number of hydrogen-bond acceptors (Lipinski definition) is 3. The van der Waals surface area contributed by atoms with E-state index in [9.17, 15) is 0 Å². The summed E-state index contributed by atoms with van der Waals surface area (Å²) in [5.74, 6) is 1.85. The molecule has 0 fully saturated rings. The number of guanidine groups is 1. The lowest BCUT2D eigenvalue weighted by Gasteiger charge is -2.16. The third-order valence-electron chi connectivity index (χ3n) is 3.47. The average molecular weight is 416 g/mol. The van der Waals surface area contributed by atoms with Gasteiger partial charge in [-0.25, -0.2) is 0 Å². The number of aromatic nitrogens is 3. The Morgan fingerprint density at radius 3 is 2.91 bits per heavy atom. The number of aliphatic imine (C=N–C) groups is 1. The molecule has 2 N–H and O–H groups in total. The monoisotopic (exact) mass is 416 g/mol. The largest absolute Gasteiger partial charge is 0.356 e. The topological polar surface area (TPSA) is 66.6 Å². The van der Waals surface area contributed by atoms with Crippen LogP contribution in [0.3, 0.4) is 0 Å². The maximum Gasteiger partial charge on any atom is 0.191 e. The van der Waals surface area contributed by atoms with Gasteiger partial charge in [-0.3, -0.25) is 9.39 Å². The number of rotatable bonds is 6. The molecule has 2 heterocycles. The molecule has 0 saturated heterocycles. The van der Waals surface area contributed by atoms with Crippen molar-refractivity contribution >= 4 is 35.6 Å². The lowest BCUT2D eigenvalue weighted by molar-refractivity contribution is 0.619. The Kier molecular flexibility index (Phi) is 8.15. The summed E-state index contributed by atoms with van der Waals surface area (Å²) in [6.45, 7) is 5.16. The normalized spacial score (nSPS) is 12.8. The molecule has 0 bridgehead atoms. The highest BCUT2D eigenvalue weighted by Crippen LogP contribution is 2.04. The Hall–Kier alpha value is -1.38. The molecule has 0 aromatic carbocycles. The number of nitrogens with zero attached hydrogens (tertiary/aromatic N) is 4. The zero-order chi connectivity index (χ0) is 15.1. The Morgan fingerprint density at radius 1 is 1.36 bits per heavy atom. The van der Waals surface area contributed by atoms with Crippen LogP contribution in [-0.2, 0) is 6.42 Å². The van der Waals surface area contributed by atoms with Gasteiger partial charge in [0.2, 0.25) is 0 Å². The van der Waals surface area contributed by atoms with Crippen LogP contribution in [0, 0.1) is 0 Å². The average Bonchev–Trinajstić information content (AvgIpc) is 2.93. The van der Waals surface area contributed by atoms with Crippen molar-refractivity contribution in [2.24, 2.45) is 4.99 Å². The third kappa shape index (κ3) is 5.11. The number of fused-ring (bicyclic) bond motifs is 1. The lowest BCUT2D eigenvalue weighted by Crippen LogP contribution is -2.42. The first-order valence-corrected chi connectivity index (χ1v) is 7.50. The molecule has 0 spiro atoms. The first-order valence-electron chi connectivity index (χ1n) is 7.50. The minimum absolute atomic E-state index is 0. The van der Waals surface area contributed by atoms with Crippen LogP contribution in [0.4, 0.5) is 0 Å². The van der Waals surface area contributed by atoms with Gasteiger partial charge in [0, 0.05) is 32.3 Å². The maximum absolute atomic E-state index is 4.23. The molecular formula is C15H25IN6. The summed E-state index contributed by atoms with van der Waals surface area (Å²) in [6.07, 6.45) is 4.95. The van der Waals surface area contributed by atoms with Gasteiger partial charge in [-0.15, -0.1) is 34.2 Å². The van der Waals surface area contributed by atoms with Crippen LogP contribution in [0.15, 0.2) is 29.4 Å². The molecule has 1 atom stereocenters. The Balaban J connectivity index is 0.00000242. The molecular weight excluding hydrogens is 391 g/mol. The molecule has 2 rings (SSSR count). The summed E-state index contributed by atoms with van der Waals surface area (Å²) in [6, 6.07) is 6.36. The van der Waals surface area contributed by atoms with Gasteiger partial charge in [-0.05, 0) is 31.9 Å². The first-order chi connectivity index (χ1) is 10.2. The molecule has 2 aromatic heterocycles. The fourth-order valence-corrected chi connectivity index (χ4v) is 2.04. The van der Waals surface area contributed by atoms with Crippen LogP contribution in [0.25, 0.3) is 5.65 Å². The van der Waals surface area contributed by atoms with E-state index in [1.807, 2.05) is 28.8 Å². The molecule has 0 amide bonds. The molecule has 0 aliphatic carbocycles. The van der Waals surface area contributed by atoms with Gasteiger partial charge >= 0.3 is 0 Å². The van der Waals surface area contributed by atoms with Gasteiger partial charge in [0.25, 0.3) is 0 Å². The van der Waals surface area contributed by atoms with E-state index in [1.54, 1.807) is 7.05 Å². The van der Waals surface area contributed by atoms with Crippen molar-refractivity contribution in [3.8, 4) is 0 Å². The predicted octanol–water partition coefficient (Wildman–Crippen LogP) is 2.24. The van der Waals surface area contributed by atoms with Crippen LogP contribution >= 0.6 is 24.0 Å². The second-order valence-corrected chi connectivity index (χ2v) is 5.10. The maximum atomic E-state index is 4.23. The Morgan fingerprint density at radius 2 is 2.18 bits per heavy atom. The Labute approximate surface area is 148 Å². The van der Waals surface area contributed by atoms with Crippen LogP contribution in [-0.4, -0.2) is 40.2 Å². The summed E-state index contributed by atoms with van der Waals surface area (Å²) in [7, 11) is 1.80. The smallest absolute Gasteiger partial charge is 0.191 e. The van der Waals surface area contributed by atoms with Crippen LogP contribution in [0.1, 0.15) is 32.5 Å². The minimum Gasteiger partial charge on any atom is -0.356 e. The molecule has 0 aliphatic rings. The molecule has 22 heavy (non-hydrogen) atoms. The van der Waals surface area contributed by atoms with Crippen LogP contribution < -0.4 is 10.6 Å². The number of hydrogen-bond donors (Lipinski definition) is 2. The molecule has 122 valence electrons. The lowest BCUT2D eigenvalue weighted by atomic mass is 10.2. The third-order valence-corrected chi connectivity index (χ3v) is 3.47. The molecule has 6 nitrogen and oxygen atoms in total. The number of halogens is 1. The van der Waals surface area contributed by atoms with Crippen LogP contribution in [0.5, 0.6) is 0 Å². The summed E-state index contributed by atoms with van der Waals surface area (Å²) in [4.78, 5) is 4.22. The standard InChI is InChI=1S/C15H24N6.HI/c1-4-12(2)18-15(16-3)17-10-7-9-14-20-19-13-8-5-6-11-21(13)14;/h5-6,8,11-12H,4,7,9-10H2,1-3H3,(H2,16,17,18);1H. The van der Waals surface area contributed by atoms with E-state index in [0.29, 0.717) is 6.04 Å². The van der Waals surface area contributed by atoms with E-state index < -0.39 is 0 Å². The van der Waals surface area contributed by atoms with Gasteiger partial charge in [-0.2, -0.15) is 0 Å². The summed E-state index contributed by atoms with van der Waals surface area (Å²) in [5, 5.41) is 15.1. The highest BCUT2D eigenvalue weighted by atomic mass is 127. The van der Waals surface area contributed by atoms with Crippen LogP contribution in [0.2, 0.25) is 0 Å². The van der Waals surface area contributed by atoms with E-state index in [2.05, 4.69) is 39.7 Å². The van der Waals surface area contributed by atoms with E-state index in [-0.39, 0.29) is 24.0 Å². The molecule has 0 saturated carbocycles. The van der Waals surface area contributed by atoms with Crippen molar-refractivity contribution in [2.75, 3.05) is 13.6 Å². The fraction of sp³-hybridized carbons (Fsp3) is 0.533. The zero-order valence-corrected chi connectivity index (χ0v) is 15.7. The first kappa shape index (κ1) is 18.7. The van der Waals surface area contributed by atoms with Crippen molar-refractivity contribution in [3.63, 3.8) is 0 Å². The fourth-order valence-electron chi connectivity index (χ4n) is 2.04. The molecule has 0 radical (unpaired) electrons. The second kappa shape index (κ2) is 9.60. The van der Waals surface area contributed by atoms with E-state index >= 15 is 0 Å². The van der Waals surface area contributed by atoms with Gasteiger partial charge < -0.3 is 10.6 Å². The molecule has 7 heteroatoms. The van der Waals surface area contributed by atoms with Gasteiger partial charge in [0.1, 0.15) is 5.82 Å². The van der Waals surface area contributed by atoms with Crippen molar-refractivity contribution in [3.05, 3.63) is 30.2 Å². The number of aryl methyl sites for hydroxylation is 1. The zero-order valence-electron chi connectivity index (χ0n) is 13.4. The minimum atomic E-state index is 0. The van der Waals surface area contributed by atoms with E-state index in [1.165, 1.54) is 0 Å². The molecule has 0 aliphatic heterocycles. The Bertz CT molecular complexity index is 594. The van der Waals surface area contributed by atoms with Gasteiger partial charge in [0.05, 0.1) is 0 Å².